The van der Waals surface area contributed by atoms with Gasteiger partial charge < -0.3 is 4.90 Å². The summed E-state index contributed by atoms with van der Waals surface area (Å²) in [6, 6.07) is 15.7. The van der Waals surface area contributed by atoms with Gasteiger partial charge in [-0.05, 0) is 61.2 Å². The molecule has 0 saturated heterocycles. The second-order valence-electron chi connectivity index (χ2n) is 7.53. The number of thioether (sulfide) groups is 1. The van der Waals surface area contributed by atoms with Gasteiger partial charge in [-0.2, -0.15) is 0 Å². The number of H-pyrrole nitrogens is 1. The number of fused-ring (bicyclic) bond motifs is 3. The lowest BCUT2D eigenvalue weighted by molar-refractivity contribution is -0.763. The molecule has 0 bridgehead atoms. The van der Waals surface area contributed by atoms with Crippen LogP contribution in [0.2, 0.25) is 0 Å². The average Bonchev–Trinajstić information content (AvgIpc) is 2.83. The van der Waals surface area contributed by atoms with Crippen molar-refractivity contribution in [1.29, 1.82) is 0 Å². The lowest BCUT2D eigenvalue weighted by Gasteiger charge is -2.32. The second kappa shape index (κ2) is 9.16. The first-order chi connectivity index (χ1) is 15.5. The number of carbonyl (C=O) groups excluding carboxylic acids is 1. The van der Waals surface area contributed by atoms with E-state index in [1.165, 1.54) is 11.8 Å². The van der Waals surface area contributed by atoms with Crippen LogP contribution in [0.1, 0.15) is 38.9 Å². The van der Waals surface area contributed by atoms with Gasteiger partial charge in [-0.25, -0.2) is 4.90 Å². The molecular formula is C24H28N5O2S+. The van der Waals surface area contributed by atoms with Crippen molar-refractivity contribution in [1.82, 2.24) is 10.1 Å². The third kappa shape index (κ3) is 3.68. The van der Waals surface area contributed by atoms with Gasteiger partial charge in [0.2, 0.25) is 11.1 Å². The highest BCUT2D eigenvalue weighted by atomic mass is 32.2. The van der Waals surface area contributed by atoms with Crippen LogP contribution in [0.4, 0.5) is 11.4 Å². The number of hydrogen-bond donors (Lipinski definition) is 1. The molecule has 3 aromatic rings. The molecule has 0 saturated carbocycles. The van der Waals surface area contributed by atoms with Gasteiger partial charge in [-0.3, -0.25) is 14.6 Å². The summed E-state index contributed by atoms with van der Waals surface area (Å²) in [5.41, 5.74) is 3.68. The Morgan fingerprint density at radius 1 is 1.12 bits per heavy atom. The number of anilines is 2. The summed E-state index contributed by atoms with van der Waals surface area (Å²) in [6.07, 6.45) is 1.66. The molecule has 1 amide bonds. The summed E-state index contributed by atoms with van der Waals surface area (Å²) in [4.78, 5) is 33.2. The van der Waals surface area contributed by atoms with Crippen LogP contribution in [-0.2, 0) is 4.79 Å². The zero-order valence-electron chi connectivity index (χ0n) is 18.8. The van der Waals surface area contributed by atoms with Crippen molar-refractivity contribution in [2.24, 2.45) is 0 Å². The monoisotopic (exact) mass is 450 g/mol. The standard InChI is InChI=1S/C24H27N5O2S/c1-5-20(30)28-19-11-9-8-10-18(19)21-22(31)25-24(32-4)26-29(21)23(28)16-12-14-17(15-13-16)27(6-2)7-3/h8-15,23H,5-7H2,1-4H3/p+1/t23-/m1/s1. The summed E-state index contributed by atoms with van der Waals surface area (Å²) >= 11 is 1.36. The number of aromatic amines is 1. The number of carbonyl (C=O) groups is 1. The fraction of sp³-hybridized carbons (Fsp3) is 0.333. The normalized spacial score (nSPS) is 14.6. The lowest BCUT2D eigenvalue weighted by Crippen LogP contribution is -2.60. The summed E-state index contributed by atoms with van der Waals surface area (Å²) < 4.78 is 1.70. The first kappa shape index (κ1) is 22.1. The molecule has 0 spiro atoms. The predicted octanol–water partition coefficient (Wildman–Crippen LogP) is 3.60. The number of rotatable bonds is 6. The third-order valence-electron chi connectivity index (χ3n) is 5.84. The zero-order valence-corrected chi connectivity index (χ0v) is 19.6. The summed E-state index contributed by atoms with van der Waals surface area (Å²) in [5, 5.41) is 5.23. The average molecular weight is 451 g/mol. The topological polar surface area (TPSA) is 73.2 Å². The highest BCUT2D eigenvalue weighted by molar-refractivity contribution is 7.98. The molecule has 0 fully saturated rings. The van der Waals surface area contributed by atoms with Crippen LogP contribution in [0.3, 0.4) is 0 Å². The van der Waals surface area contributed by atoms with E-state index in [1.54, 1.807) is 9.58 Å². The van der Waals surface area contributed by atoms with Gasteiger partial charge in [-0.15, -0.1) is 0 Å². The molecule has 1 aliphatic heterocycles. The Balaban J connectivity index is 1.97. The zero-order chi connectivity index (χ0) is 22.8. The van der Waals surface area contributed by atoms with Gasteiger partial charge in [0.05, 0.1) is 11.3 Å². The van der Waals surface area contributed by atoms with Crippen LogP contribution in [0.5, 0.6) is 0 Å². The molecule has 1 aromatic heterocycles. The van der Waals surface area contributed by atoms with E-state index >= 15 is 0 Å². The Hall–Kier alpha value is -3.13. The highest BCUT2D eigenvalue weighted by Crippen LogP contribution is 2.37. The van der Waals surface area contributed by atoms with Crippen LogP contribution < -0.4 is 20.0 Å². The van der Waals surface area contributed by atoms with Gasteiger partial charge in [0, 0.05) is 35.9 Å². The van der Waals surface area contributed by atoms with Crippen LogP contribution >= 0.6 is 11.8 Å². The maximum absolute atomic E-state index is 13.2. The summed E-state index contributed by atoms with van der Waals surface area (Å²) in [7, 11) is 0. The Morgan fingerprint density at radius 3 is 2.44 bits per heavy atom. The van der Waals surface area contributed by atoms with Crippen LogP contribution in [0, 0.1) is 0 Å². The van der Waals surface area contributed by atoms with Crippen molar-refractivity contribution in [2.45, 2.75) is 38.5 Å². The second-order valence-corrected chi connectivity index (χ2v) is 8.32. The van der Waals surface area contributed by atoms with Crippen LogP contribution in [0.25, 0.3) is 11.3 Å². The Kier molecular flexibility index (Phi) is 6.32. The molecule has 2 aromatic carbocycles. The van der Waals surface area contributed by atoms with Gasteiger partial charge in [0.15, 0.2) is 0 Å². The highest BCUT2D eigenvalue weighted by Gasteiger charge is 2.45. The maximum atomic E-state index is 13.2. The Labute approximate surface area is 192 Å². The SMILES string of the molecule is CCC(=O)N1c2ccccc2-c2c(=O)[nH]c(SC)n[n+]2[C@@H]1c1ccc(N(CC)CC)cc1. The lowest BCUT2D eigenvalue weighted by atomic mass is 10.0. The van der Waals surface area contributed by atoms with E-state index in [2.05, 4.69) is 35.9 Å². The van der Waals surface area contributed by atoms with Gasteiger partial charge in [0.1, 0.15) is 0 Å². The molecule has 4 rings (SSSR count). The molecule has 0 aliphatic carbocycles. The van der Waals surface area contributed by atoms with E-state index in [9.17, 15) is 9.59 Å². The van der Waals surface area contributed by atoms with E-state index in [4.69, 9.17) is 5.10 Å². The van der Waals surface area contributed by atoms with Crippen molar-refractivity contribution in [2.75, 3.05) is 29.1 Å². The molecule has 7 nitrogen and oxygen atoms in total. The van der Waals surface area contributed by atoms with E-state index in [-0.39, 0.29) is 11.5 Å². The molecule has 1 atom stereocenters. The predicted molar refractivity (Wildman–Crippen MR) is 128 cm³/mol. The largest absolute Gasteiger partial charge is 0.372 e. The van der Waals surface area contributed by atoms with Crippen molar-refractivity contribution >= 4 is 29.0 Å². The number of nitrogens with zero attached hydrogens (tertiary/aromatic N) is 4. The summed E-state index contributed by atoms with van der Waals surface area (Å²) in [6.45, 7) is 7.94. The summed E-state index contributed by atoms with van der Waals surface area (Å²) in [5.74, 6) is -0.0267. The Bertz CT molecular complexity index is 1190. The number of benzene rings is 2. The molecule has 0 unspecified atom stereocenters. The molecule has 2 heterocycles. The van der Waals surface area contributed by atoms with E-state index in [0.717, 1.165) is 30.0 Å². The quantitative estimate of drug-likeness (QED) is 0.459. The third-order valence-corrected chi connectivity index (χ3v) is 6.41. The van der Waals surface area contributed by atoms with Crippen molar-refractivity contribution in [3.8, 4) is 11.3 Å². The number of para-hydroxylation sites is 1. The Morgan fingerprint density at radius 2 is 1.81 bits per heavy atom. The molecule has 0 radical (unpaired) electrons. The smallest absolute Gasteiger partial charge is 0.325 e. The molecule has 166 valence electrons. The molecular weight excluding hydrogens is 422 g/mol. The van der Waals surface area contributed by atoms with Crippen molar-refractivity contribution in [3.63, 3.8) is 0 Å². The number of amides is 1. The minimum Gasteiger partial charge on any atom is -0.372 e. The minimum atomic E-state index is -0.550. The molecule has 8 heteroatoms. The van der Waals surface area contributed by atoms with Gasteiger partial charge >= 0.3 is 11.3 Å². The minimum absolute atomic E-state index is 0.0267. The number of nitrogens with one attached hydrogen (secondary N) is 1. The van der Waals surface area contributed by atoms with Crippen molar-refractivity contribution in [3.05, 3.63) is 64.4 Å². The van der Waals surface area contributed by atoms with Gasteiger partial charge in [-0.1, -0.05) is 30.8 Å². The maximum Gasteiger partial charge on any atom is 0.325 e. The fourth-order valence-electron chi connectivity index (χ4n) is 4.25. The fourth-order valence-corrected chi connectivity index (χ4v) is 4.61. The van der Waals surface area contributed by atoms with Crippen molar-refractivity contribution < 1.29 is 9.48 Å². The van der Waals surface area contributed by atoms with E-state index < -0.39 is 6.17 Å². The number of hydrogen-bond acceptors (Lipinski definition) is 5. The van der Waals surface area contributed by atoms with Crippen LogP contribution in [-0.4, -0.2) is 35.3 Å². The van der Waals surface area contributed by atoms with Gasteiger partial charge in [0.25, 0.3) is 6.17 Å². The first-order valence-corrected chi connectivity index (χ1v) is 12.1. The first-order valence-electron chi connectivity index (χ1n) is 10.9. The van der Waals surface area contributed by atoms with E-state index in [1.807, 2.05) is 49.6 Å². The van der Waals surface area contributed by atoms with Crippen LogP contribution in [0.15, 0.2) is 58.5 Å². The molecule has 1 N–H and O–H groups in total. The molecule has 32 heavy (non-hydrogen) atoms. The number of aromatic nitrogens is 3. The van der Waals surface area contributed by atoms with E-state index in [0.29, 0.717) is 22.8 Å². The molecule has 1 aliphatic rings.